The second-order valence-electron chi connectivity index (χ2n) is 13.0. The van der Waals surface area contributed by atoms with E-state index in [0.717, 1.165) is 50.0 Å². The number of nitrogens with one attached hydrogen (secondary N) is 4. The minimum atomic E-state index is -1.00. The number of H-pyrrole nitrogens is 1. The first-order valence-electron chi connectivity index (χ1n) is 15.7. The van der Waals surface area contributed by atoms with Gasteiger partial charge in [-0.2, -0.15) is 0 Å². The molecule has 11 nitrogen and oxygen atoms in total. The summed E-state index contributed by atoms with van der Waals surface area (Å²) in [6, 6.07) is 17.0. The fourth-order valence-electron chi connectivity index (χ4n) is 7.96. The van der Waals surface area contributed by atoms with Gasteiger partial charge in [-0.05, 0) is 29.2 Å². The second-order valence-corrected chi connectivity index (χ2v) is 13.0. The number of rotatable bonds is 3. The third kappa shape index (κ3) is 3.35. The molecule has 10 rings (SSSR count). The molecular weight excluding hydrogens is 596 g/mol. The second kappa shape index (κ2) is 9.12. The van der Waals surface area contributed by atoms with Crippen LogP contribution in [0.2, 0.25) is 0 Å². The van der Waals surface area contributed by atoms with Gasteiger partial charge in [-0.1, -0.05) is 56.3 Å². The molecule has 1 spiro atoms. The Hall–Kier alpha value is -5.84. The van der Waals surface area contributed by atoms with Crippen LogP contribution in [0.5, 0.6) is 5.75 Å². The molecule has 10 bridgehead atoms. The van der Waals surface area contributed by atoms with E-state index in [0.29, 0.717) is 41.2 Å². The van der Waals surface area contributed by atoms with E-state index in [-0.39, 0.29) is 18.2 Å². The van der Waals surface area contributed by atoms with Crippen molar-refractivity contribution in [1.82, 2.24) is 25.6 Å². The number of aromatic nitrogens is 3. The zero-order valence-electron chi connectivity index (χ0n) is 25.4. The van der Waals surface area contributed by atoms with Crippen LogP contribution < -0.4 is 20.7 Å². The quantitative estimate of drug-likeness (QED) is 0.191. The minimum Gasteiger partial charge on any atom is -0.469 e. The van der Waals surface area contributed by atoms with Crippen molar-refractivity contribution >= 4 is 28.9 Å². The van der Waals surface area contributed by atoms with Crippen molar-refractivity contribution in [3.63, 3.8) is 0 Å². The molecule has 3 aromatic carbocycles. The summed E-state index contributed by atoms with van der Waals surface area (Å²) in [5.41, 5.74) is 6.94. The van der Waals surface area contributed by atoms with E-state index >= 15 is 0 Å². The molecule has 7 heterocycles. The Morgan fingerprint density at radius 3 is 2.77 bits per heavy atom. The fourth-order valence-corrected chi connectivity index (χ4v) is 7.96. The van der Waals surface area contributed by atoms with Gasteiger partial charge in [-0.15, -0.1) is 0 Å². The van der Waals surface area contributed by atoms with Crippen LogP contribution in [0.25, 0.3) is 44.9 Å². The van der Waals surface area contributed by atoms with Crippen molar-refractivity contribution in [1.29, 1.82) is 0 Å². The molecular formula is C36H28N6O5. The Morgan fingerprint density at radius 2 is 1.89 bits per heavy atom. The van der Waals surface area contributed by atoms with Crippen LogP contribution in [-0.2, 0) is 21.4 Å². The average molecular weight is 625 g/mol. The molecule has 0 aliphatic carbocycles. The average Bonchev–Trinajstić information content (AvgIpc) is 3.88. The lowest BCUT2D eigenvalue weighted by Gasteiger charge is -2.28. The molecule has 0 saturated carbocycles. The van der Waals surface area contributed by atoms with E-state index in [2.05, 4.69) is 57.3 Å². The SMILES string of the molecule is CC(C)[C@@H]1NC(=O)[C@@H](NC=O)Cc2ccc3c(c2)[C@]24c5cccc(c5NC2O3)-c2cccc3[nH]cc(c23)-c2cnc(o2)-c2nc1oc24. The number of fused-ring (bicyclic) bond motifs is 7. The van der Waals surface area contributed by atoms with Crippen molar-refractivity contribution in [3.8, 4) is 39.8 Å². The lowest BCUT2D eigenvalue weighted by atomic mass is 9.72. The number of amides is 2. The van der Waals surface area contributed by atoms with Crippen LogP contribution in [0.1, 0.15) is 48.2 Å². The number of carbonyl (C=O) groups excluding carboxylic acids is 2. The molecule has 6 aromatic rings. The van der Waals surface area contributed by atoms with Crippen LogP contribution >= 0.6 is 0 Å². The third-order valence-corrected chi connectivity index (χ3v) is 10.1. The van der Waals surface area contributed by atoms with E-state index in [4.69, 9.17) is 23.5 Å². The number of anilines is 1. The largest absolute Gasteiger partial charge is 0.469 e. The maximum atomic E-state index is 13.7. The first kappa shape index (κ1) is 26.4. The Labute approximate surface area is 267 Å². The number of hydrogen-bond acceptors (Lipinski definition) is 8. The van der Waals surface area contributed by atoms with E-state index in [1.807, 2.05) is 38.2 Å². The predicted molar refractivity (Wildman–Crippen MR) is 172 cm³/mol. The summed E-state index contributed by atoms with van der Waals surface area (Å²) in [7, 11) is 0. The van der Waals surface area contributed by atoms with E-state index in [1.165, 1.54) is 0 Å². The molecule has 4 aliphatic heterocycles. The van der Waals surface area contributed by atoms with E-state index in [9.17, 15) is 9.59 Å². The molecule has 0 saturated heterocycles. The van der Waals surface area contributed by atoms with Gasteiger partial charge in [0.2, 0.25) is 24.1 Å². The summed E-state index contributed by atoms with van der Waals surface area (Å²) >= 11 is 0. The zero-order valence-corrected chi connectivity index (χ0v) is 25.4. The van der Waals surface area contributed by atoms with Gasteiger partial charge in [-0.3, -0.25) is 9.59 Å². The normalized spacial score (nSPS) is 22.9. The molecule has 4 N–H and O–H groups in total. The summed E-state index contributed by atoms with van der Waals surface area (Å²) in [6.45, 7) is 3.98. The number of carbonyl (C=O) groups is 2. The predicted octanol–water partition coefficient (Wildman–Crippen LogP) is 5.42. The van der Waals surface area contributed by atoms with Crippen molar-refractivity contribution in [2.75, 3.05) is 5.32 Å². The number of ether oxygens (including phenoxy) is 1. The highest BCUT2D eigenvalue weighted by atomic mass is 16.5. The topological polar surface area (TPSA) is 147 Å². The molecule has 4 atom stereocenters. The van der Waals surface area contributed by atoms with E-state index < -0.39 is 23.7 Å². The smallest absolute Gasteiger partial charge is 0.249 e. The number of oxazole rings is 2. The highest BCUT2D eigenvalue weighted by Crippen LogP contribution is 2.61. The summed E-state index contributed by atoms with van der Waals surface area (Å²) < 4.78 is 20.3. The first-order valence-corrected chi connectivity index (χ1v) is 15.7. The Kier molecular flexibility index (Phi) is 5.12. The molecule has 4 aliphatic rings. The van der Waals surface area contributed by atoms with Crippen molar-refractivity contribution in [2.45, 2.75) is 44.0 Å². The van der Waals surface area contributed by atoms with Gasteiger partial charge in [0, 0.05) is 51.5 Å². The maximum absolute atomic E-state index is 13.7. The van der Waals surface area contributed by atoms with Crippen LogP contribution in [0, 0.1) is 5.92 Å². The van der Waals surface area contributed by atoms with Crippen molar-refractivity contribution < 1.29 is 23.2 Å². The fraction of sp³-hybridized carbons (Fsp3) is 0.222. The number of benzene rings is 3. The van der Waals surface area contributed by atoms with Crippen LogP contribution in [0.4, 0.5) is 5.69 Å². The zero-order chi connectivity index (χ0) is 31.6. The van der Waals surface area contributed by atoms with Crippen molar-refractivity contribution in [2.24, 2.45) is 5.92 Å². The van der Waals surface area contributed by atoms with Crippen LogP contribution in [-0.4, -0.2) is 39.5 Å². The monoisotopic (exact) mass is 624 g/mol. The standard InChI is InChI=1S/C36H28N6O5/c1-16(2)28-34-41-30-31(47-34)36-21-7-3-6-19(18-5-4-8-23-27(18)20(13-37-23)26-14-38-33(30)45-26)29(21)42-35(36)46-25-10-9-17(11-22(25)36)12-24(39-15-43)32(44)40-28/h3-11,13-16,24,28,35,37,42H,12H2,1-2H3,(H,39,43)(H,40,44)/t24-,28-,35?,36-/m0/s1. The number of hydrogen-bond donors (Lipinski definition) is 4. The molecule has 11 heteroatoms. The molecule has 232 valence electrons. The number of para-hydroxylation sites is 1. The highest BCUT2D eigenvalue weighted by Gasteiger charge is 2.61. The Balaban J connectivity index is 1.36. The maximum Gasteiger partial charge on any atom is 0.249 e. The van der Waals surface area contributed by atoms with Gasteiger partial charge in [0.1, 0.15) is 23.2 Å². The Bertz CT molecular complexity index is 2320. The molecule has 47 heavy (non-hydrogen) atoms. The van der Waals surface area contributed by atoms with Gasteiger partial charge in [0.25, 0.3) is 0 Å². The third-order valence-electron chi connectivity index (χ3n) is 10.1. The highest BCUT2D eigenvalue weighted by molar-refractivity contribution is 6.07. The van der Waals surface area contributed by atoms with Crippen LogP contribution in [0.3, 0.4) is 0 Å². The minimum absolute atomic E-state index is 0.106. The molecule has 0 fully saturated rings. The number of aromatic amines is 1. The lowest BCUT2D eigenvalue weighted by Crippen LogP contribution is -2.47. The van der Waals surface area contributed by atoms with Gasteiger partial charge in [0.15, 0.2) is 23.4 Å². The summed E-state index contributed by atoms with van der Waals surface area (Å²) in [5.74, 6) is 1.95. The first-order chi connectivity index (χ1) is 22.9. The lowest BCUT2D eigenvalue weighted by molar-refractivity contribution is -0.126. The molecule has 1 unspecified atom stereocenters. The van der Waals surface area contributed by atoms with Gasteiger partial charge in [0.05, 0.1) is 6.20 Å². The van der Waals surface area contributed by atoms with E-state index in [1.54, 1.807) is 6.20 Å². The Morgan fingerprint density at radius 1 is 1.02 bits per heavy atom. The molecule has 3 aromatic heterocycles. The number of nitrogens with zero attached hydrogens (tertiary/aromatic N) is 2. The van der Waals surface area contributed by atoms with Crippen LogP contribution in [0.15, 0.2) is 75.8 Å². The summed E-state index contributed by atoms with van der Waals surface area (Å²) in [5, 5.41) is 10.6. The van der Waals surface area contributed by atoms with Gasteiger partial charge < -0.3 is 34.5 Å². The van der Waals surface area contributed by atoms with Crippen molar-refractivity contribution in [3.05, 3.63) is 95.3 Å². The summed E-state index contributed by atoms with van der Waals surface area (Å²) in [4.78, 5) is 38.6. The molecule has 2 amide bonds. The molecule has 0 radical (unpaired) electrons. The summed E-state index contributed by atoms with van der Waals surface area (Å²) in [6.07, 6.45) is 3.91. The van der Waals surface area contributed by atoms with Gasteiger partial charge in [-0.25, -0.2) is 9.97 Å². The van der Waals surface area contributed by atoms with Gasteiger partial charge >= 0.3 is 0 Å².